The van der Waals surface area contributed by atoms with Gasteiger partial charge in [-0.1, -0.05) is 36.4 Å². The number of aryl methyl sites for hydroxylation is 1. The molecule has 39 heavy (non-hydrogen) atoms. The quantitative estimate of drug-likeness (QED) is 0.333. The zero-order valence-electron chi connectivity index (χ0n) is 23.5. The minimum Gasteiger partial charge on any atom is -0.493 e. The molecule has 0 radical (unpaired) electrons. The first-order valence-corrected chi connectivity index (χ1v) is 13.2. The van der Waals surface area contributed by atoms with Gasteiger partial charge in [0.15, 0.2) is 6.10 Å². The maximum atomic E-state index is 12.7. The van der Waals surface area contributed by atoms with Crippen molar-refractivity contribution in [2.75, 3.05) is 11.9 Å². The van der Waals surface area contributed by atoms with E-state index in [9.17, 15) is 14.7 Å². The van der Waals surface area contributed by atoms with Crippen LogP contribution in [0.5, 0.6) is 11.5 Å². The van der Waals surface area contributed by atoms with Gasteiger partial charge in [-0.25, -0.2) is 4.79 Å². The first-order chi connectivity index (χ1) is 18.5. The van der Waals surface area contributed by atoms with Crippen molar-refractivity contribution in [1.29, 1.82) is 0 Å². The standard InChI is InChI=1S/C32H37NO6/c1-19-27(30(31(35)36)39-32(4,5)6)26(24-14-15-25-23(17-24)13-10-16-37-25)20(2)29(28(19)33-21(3)34)38-18-22-11-8-7-9-12-22/h7-9,11-12,14-15,17,30H,10,13,16,18H2,1-6H3,(H,33,34)(H,35,36). The molecule has 0 bridgehead atoms. The van der Waals surface area contributed by atoms with E-state index in [0.29, 0.717) is 29.2 Å². The third-order valence-corrected chi connectivity index (χ3v) is 6.67. The maximum absolute atomic E-state index is 12.7. The van der Waals surface area contributed by atoms with Crippen molar-refractivity contribution in [3.8, 4) is 22.6 Å². The predicted molar refractivity (Wildman–Crippen MR) is 151 cm³/mol. The Labute approximate surface area is 230 Å². The van der Waals surface area contributed by atoms with Crippen molar-refractivity contribution in [3.63, 3.8) is 0 Å². The molecule has 3 aromatic carbocycles. The van der Waals surface area contributed by atoms with Crippen molar-refractivity contribution in [3.05, 3.63) is 76.3 Å². The highest BCUT2D eigenvalue weighted by Crippen LogP contribution is 2.47. The van der Waals surface area contributed by atoms with Gasteiger partial charge in [-0.15, -0.1) is 0 Å². The first kappa shape index (κ1) is 28.2. The van der Waals surface area contributed by atoms with E-state index in [1.54, 1.807) is 0 Å². The number of carboxylic acid groups (broad SMARTS) is 1. The Morgan fingerprint density at radius 3 is 2.44 bits per heavy atom. The summed E-state index contributed by atoms with van der Waals surface area (Å²) >= 11 is 0. The predicted octanol–water partition coefficient (Wildman–Crippen LogP) is 6.77. The van der Waals surface area contributed by atoms with Crippen LogP contribution in [0.2, 0.25) is 0 Å². The van der Waals surface area contributed by atoms with Crippen LogP contribution < -0.4 is 14.8 Å². The number of carbonyl (C=O) groups excluding carboxylic acids is 1. The number of aliphatic carboxylic acids is 1. The molecule has 0 spiro atoms. The van der Waals surface area contributed by atoms with Crippen LogP contribution in [0.3, 0.4) is 0 Å². The Bertz CT molecular complexity index is 1370. The normalized spacial score (nSPS) is 13.7. The Morgan fingerprint density at radius 2 is 1.79 bits per heavy atom. The number of benzene rings is 3. The van der Waals surface area contributed by atoms with Gasteiger partial charge in [-0.3, -0.25) is 4.79 Å². The molecule has 1 heterocycles. The van der Waals surface area contributed by atoms with Crippen LogP contribution in [0.1, 0.15) is 68.0 Å². The summed E-state index contributed by atoms with van der Waals surface area (Å²) in [4.78, 5) is 25.1. The van der Waals surface area contributed by atoms with Crippen molar-refractivity contribution in [2.24, 2.45) is 0 Å². The van der Waals surface area contributed by atoms with E-state index in [1.165, 1.54) is 6.92 Å². The number of nitrogens with one attached hydrogen (secondary N) is 1. The van der Waals surface area contributed by atoms with Gasteiger partial charge in [0.05, 0.1) is 17.9 Å². The second kappa shape index (κ2) is 11.5. The summed E-state index contributed by atoms with van der Waals surface area (Å²) in [5.41, 5.74) is 5.10. The van der Waals surface area contributed by atoms with Gasteiger partial charge in [0.25, 0.3) is 0 Å². The third kappa shape index (κ3) is 6.42. The fourth-order valence-electron chi connectivity index (χ4n) is 5.03. The van der Waals surface area contributed by atoms with Crippen LogP contribution in [0.25, 0.3) is 11.1 Å². The van der Waals surface area contributed by atoms with Gasteiger partial charge >= 0.3 is 5.97 Å². The summed E-state index contributed by atoms with van der Waals surface area (Å²) in [7, 11) is 0. The van der Waals surface area contributed by atoms with E-state index in [4.69, 9.17) is 14.2 Å². The van der Waals surface area contributed by atoms with E-state index in [0.717, 1.165) is 46.4 Å². The van der Waals surface area contributed by atoms with Crippen molar-refractivity contribution >= 4 is 17.6 Å². The Balaban J connectivity index is 2.00. The monoisotopic (exact) mass is 531 g/mol. The molecular weight excluding hydrogens is 494 g/mol. The van der Waals surface area contributed by atoms with Crippen LogP contribution in [0.4, 0.5) is 5.69 Å². The summed E-state index contributed by atoms with van der Waals surface area (Å²) in [6, 6.07) is 15.7. The number of amides is 1. The van der Waals surface area contributed by atoms with Crippen molar-refractivity contribution in [2.45, 2.75) is 72.7 Å². The fraction of sp³-hybridized carbons (Fsp3) is 0.375. The van der Waals surface area contributed by atoms with Crippen LogP contribution in [-0.4, -0.2) is 29.2 Å². The lowest BCUT2D eigenvalue weighted by Gasteiger charge is -2.31. The Kier molecular flexibility index (Phi) is 8.31. The average Bonchev–Trinajstić information content (AvgIpc) is 2.88. The second-order valence-electron chi connectivity index (χ2n) is 10.9. The van der Waals surface area contributed by atoms with Crippen LogP contribution >= 0.6 is 0 Å². The lowest BCUT2D eigenvalue weighted by atomic mass is 9.85. The summed E-state index contributed by atoms with van der Waals surface area (Å²) in [5, 5.41) is 13.3. The summed E-state index contributed by atoms with van der Waals surface area (Å²) in [5.74, 6) is -0.0479. The van der Waals surface area contributed by atoms with Crippen LogP contribution in [-0.2, 0) is 27.4 Å². The third-order valence-electron chi connectivity index (χ3n) is 6.67. The smallest absolute Gasteiger partial charge is 0.337 e. The number of rotatable bonds is 8. The van der Waals surface area contributed by atoms with E-state index in [2.05, 4.69) is 11.4 Å². The molecule has 1 amide bonds. The number of carboxylic acids is 1. The SMILES string of the molecule is CC(=O)Nc1c(C)c(C(OC(C)(C)C)C(=O)O)c(-c2ccc3c(c2)CCCO3)c(C)c1OCc1ccccc1. The highest BCUT2D eigenvalue weighted by atomic mass is 16.5. The van der Waals surface area contributed by atoms with Gasteiger partial charge in [-0.05, 0) is 87.4 Å². The molecule has 1 unspecified atom stereocenters. The topological polar surface area (TPSA) is 94.1 Å². The number of carbonyl (C=O) groups is 2. The molecular formula is C32H37NO6. The Hall–Kier alpha value is -3.84. The zero-order valence-corrected chi connectivity index (χ0v) is 23.5. The minimum atomic E-state index is -1.28. The summed E-state index contributed by atoms with van der Waals surface area (Å²) in [6.07, 6.45) is 0.513. The molecule has 0 fully saturated rings. The highest BCUT2D eigenvalue weighted by molar-refractivity contribution is 5.95. The molecule has 4 rings (SSSR count). The molecule has 3 aromatic rings. The van der Waals surface area contributed by atoms with Gasteiger partial charge in [0.1, 0.15) is 18.1 Å². The van der Waals surface area contributed by atoms with E-state index >= 15 is 0 Å². The van der Waals surface area contributed by atoms with Crippen LogP contribution in [0.15, 0.2) is 48.5 Å². The molecule has 7 nitrogen and oxygen atoms in total. The second-order valence-corrected chi connectivity index (χ2v) is 10.9. The van der Waals surface area contributed by atoms with E-state index < -0.39 is 17.7 Å². The summed E-state index contributed by atoms with van der Waals surface area (Å²) < 4.78 is 18.4. The molecule has 0 aromatic heterocycles. The number of ether oxygens (including phenoxy) is 3. The van der Waals surface area contributed by atoms with Gasteiger partial charge in [-0.2, -0.15) is 0 Å². The number of hydrogen-bond donors (Lipinski definition) is 2. The van der Waals surface area contributed by atoms with Gasteiger partial charge in [0.2, 0.25) is 5.91 Å². The number of fused-ring (bicyclic) bond motifs is 1. The molecule has 0 saturated carbocycles. The molecule has 206 valence electrons. The van der Waals surface area contributed by atoms with Gasteiger partial charge in [0, 0.05) is 18.1 Å². The molecule has 0 aliphatic carbocycles. The largest absolute Gasteiger partial charge is 0.493 e. The maximum Gasteiger partial charge on any atom is 0.337 e. The fourth-order valence-corrected chi connectivity index (χ4v) is 5.03. The molecule has 1 aliphatic heterocycles. The number of hydrogen-bond acceptors (Lipinski definition) is 5. The lowest BCUT2D eigenvalue weighted by Crippen LogP contribution is -2.29. The molecule has 0 saturated heterocycles. The highest BCUT2D eigenvalue weighted by Gasteiger charge is 2.34. The summed E-state index contributed by atoms with van der Waals surface area (Å²) in [6.45, 7) is 11.6. The van der Waals surface area contributed by atoms with Gasteiger partial charge < -0.3 is 24.6 Å². The molecule has 2 N–H and O–H groups in total. The average molecular weight is 532 g/mol. The molecule has 1 atom stereocenters. The Morgan fingerprint density at radius 1 is 1.08 bits per heavy atom. The van der Waals surface area contributed by atoms with E-state index in [-0.39, 0.29) is 12.5 Å². The molecule has 7 heteroatoms. The zero-order chi connectivity index (χ0) is 28.3. The lowest BCUT2D eigenvalue weighted by molar-refractivity contribution is -0.160. The minimum absolute atomic E-state index is 0.282. The van der Waals surface area contributed by atoms with Crippen molar-refractivity contribution in [1.82, 2.24) is 0 Å². The van der Waals surface area contributed by atoms with E-state index in [1.807, 2.05) is 77.1 Å². The van der Waals surface area contributed by atoms with Crippen molar-refractivity contribution < 1.29 is 28.9 Å². The number of anilines is 1. The molecule has 1 aliphatic rings. The van der Waals surface area contributed by atoms with Crippen LogP contribution in [0, 0.1) is 13.8 Å². The first-order valence-electron chi connectivity index (χ1n) is 13.2.